The molecule has 7 heteroatoms. The molecule has 2 N–H and O–H groups in total. The Labute approximate surface area is 175 Å². The van der Waals surface area contributed by atoms with Gasteiger partial charge in [-0.15, -0.1) is 0 Å². The second-order valence-electron chi connectivity index (χ2n) is 7.60. The van der Waals surface area contributed by atoms with Crippen molar-refractivity contribution in [1.29, 1.82) is 0 Å². The molecule has 1 aliphatic rings. The van der Waals surface area contributed by atoms with Crippen molar-refractivity contribution in [2.75, 3.05) is 6.54 Å². The molecule has 1 saturated heterocycles. The Morgan fingerprint density at radius 3 is 2.52 bits per heavy atom. The summed E-state index contributed by atoms with van der Waals surface area (Å²) in [5.74, 6) is -0.654. The minimum atomic E-state index is -1.15. The molecular weight excluding hydrogens is 390 g/mol. The Hall–Kier alpha value is -2.86. The predicted molar refractivity (Wildman–Crippen MR) is 111 cm³/mol. The first kappa shape index (κ1) is 20.9. The van der Waals surface area contributed by atoms with Crippen LogP contribution in [-0.4, -0.2) is 29.3 Å². The summed E-state index contributed by atoms with van der Waals surface area (Å²) >= 11 is 5.95. The summed E-state index contributed by atoms with van der Waals surface area (Å²) in [6, 6.07) is 15.7. The lowest BCUT2D eigenvalue weighted by atomic mass is 9.82. The fourth-order valence-corrected chi connectivity index (χ4v) is 3.82. The number of halogens is 1. The molecule has 1 aliphatic heterocycles. The Balaban J connectivity index is 1.74. The molecule has 1 fully saturated rings. The van der Waals surface area contributed by atoms with Crippen LogP contribution in [0.1, 0.15) is 31.4 Å². The summed E-state index contributed by atoms with van der Waals surface area (Å²) in [7, 11) is 0. The third-order valence-electron chi connectivity index (χ3n) is 4.84. The molecule has 0 aromatic heterocycles. The highest BCUT2D eigenvalue weighted by molar-refractivity contribution is 6.30. The van der Waals surface area contributed by atoms with E-state index in [1.165, 1.54) is 0 Å². The van der Waals surface area contributed by atoms with E-state index >= 15 is 0 Å². The number of nitrogens with zero attached hydrogens (tertiary/aromatic N) is 1. The van der Waals surface area contributed by atoms with Gasteiger partial charge in [-0.1, -0.05) is 67.9 Å². The van der Waals surface area contributed by atoms with Gasteiger partial charge in [0.2, 0.25) is 5.91 Å². The van der Waals surface area contributed by atoms with Gasteiger partial charge in [-0.3, -0.25) is 14.5 Å². The van der Waals surface area contributed by atoms with Crippen molar-refractivity contribution in [1.82, 2.24) is 15.5 Å². The summed E-state index contributed by atoms with van der Waals surface area (Å²) in [6.07, 6.45) is 0.447. The molecular formula is C22H24ClN3O3. The van der Waals surface area contributed by atoms with Crippen molar-refractivity contribution in [2.24, 2.45) is 5.92 Å². The normalized spacial score (nSPS) is 18.8. The predicted octanol–water partition coefficient (Wildman–Crippen LogP) is 3.45. The maximum atomic E-state index is 13.3. The van der Waals surface area contributed by atoms with Gasteiger partial charge in [0.15, 0.2) is 0 Å². The van der Waals surface area contributed by atoms with Gasteiger partial charge in [0.25, 0.3) is 5.91 Å². The summed E-state index contributed by atoms with van der Waals surface area (Å²) < 4.78 is 0. The number of hydrogen-bond donors (Lipinski definition) is 2. The number of imide groups is 1. The van der Waals surface area contributed by atoms with E-state index in [-0.39, 0.29) is 19.0 Å². The van der Waals surface area contributed by atoms with E-state index in [0.29, 0.717) is 17.0 Å². The largest absolute Gasteiger partial charge is 0.350 e. The van der Waals surface area contributed by atoms with Crippen molar-refractivity contribution in [2.45, 2.75) is 32.4 Å². The van der Waals surface area contributed by atoms with Gasteiger partial charge in [-0.25, -0.2) is 4.79 Å². The highest BCUT2D eigenvalue weighted by Crippen LogP contribution is 2.35. The average Bonchev–Trinajstić information content (AvgIpc) is 2.91. The Morgan fingerprint density at radius 2 is 1.86 bits per heavy atom. The Kier molecular flexibility index (Phi) is 6.23. The zero-order valence-corrected chi connectivity index (χ0v) is 17.2. The van der Waals surface area contributed by atoms with Crippen molar-refractivity contribution in [3.8, 4) is 0 Å². The molecule has 2 aromatic carbocycles. The minimum absolute atomic E-state index is 0.163. The molecule has 1 unspecified atom stereocenters. The van der Waals surface area contributed by atoms with Crippen LogP contribution in [0.3, 0.4) is 0 Å². The topological polar surface area (TPSA) is 78.5 Å². The van der Waals surface area contributed by atoms with Crippen molar-refractivity contribution in [3.63, 3.8) is 0 Å². The molecule has 2 aromatic rings. The lowest BCUT2D eigenvalue weighted by molar-refractivity contribution is -0.135. The third-order valence-corrected chi connectivity index (χ3v) is 5.07. The lowest BCUT2D eigenvalue weighted by Gasteiger charge is -2.29. The van der Waals surface area contributed by atoms with E-state index in [1.54, 1.807) is 18.2 Å². The highest BCUT2D eigenvalue weighted by atomic mass is 35.5. The zero-order chi connectivity index (χ0) is 21.0. The second-order valence-corrected chi connectivity index (χ2v) is 8.03. The molecule has 0 spiro atoms. The van der Waals surface area contributed by atoms with Gasteiger partial charge in [0.05, 0.1) is 0 Å². The summed E-state index contributed by atoms with van der Waals surface area (Å²) in [6.45, 7) is 3.91. The summed E-state index contributed by atoms with van der Waals surface area (Å²) in [5.41, 5.74) is 0.398. The van der Waals surface area contributed by atoms with Gasteiger partial charge >= 0.3 is 6.03 Å². The van der Waals surface area contributed by atoms with E-state index < -0.39 is 23.4 Å². The SMILES string of the molecule is CC(C)CC1(c2ccccc2)NC(=O)N(CC(=O)NCc2cccc(Cl)c2)C1=O. The molecule has 6 nitrogen and oxygen atoms in total. The van der Waals surface area contributed by atoms with Crippen molar-refractivity contribution < 1.29 is 14.4 Å². The highest BCUT2D eigenvalue weighted by Gasteiger charge is 2.52. The molecule has 0 aliphatic carbocycles. The average molecular weight is 414 g/mol. The number of benzene rings is 2. The molecule has 152 valence electrons. The van der Waals surface area contributed by atoms with Crippen LogP contribution >= 0.6 is 11.6 Å². The van der Waals surface area contributed by atoms with E-state index in [9.17, 15) is 14.4 Å². The number of carbonyl (C=O) groups is 3. The third kappa shape index (κ3) is 4.59. The Morgan fingerprint density at radius 1 is 1.14 bits per heavy atom. The fraction of sp³-hybridized carbons (Fsp3) is 0.318. The first-order valence-corrected chi connectivity index (χ1v) is 9.90. The number of rotatable bonds is 7. The zero-order valence-electron chi connectivity index (χ0n) is 16.4. The molecule has 4 amide bonds. The minimum Gasteiger partial charge on any atom is -0.350 e. The smallest absolute Gasteiger partial charge is 0.325 e. The summed E-state index contributed by atoms with van der Waals surface area (Å²) in [5, 5.41) is 6.15. The maximum absolute atomic E-state index is 13.3. The molecule has 1 atom stereocenters. The molecule has 1 heterocycles. The molecule has 3 rings (SSSR count). The van der Waals surface area contributed by atoms with E-state index in [4.69, 9.17) is 11.6 Å². The molecule has 0 radical (unpaired) electrons. The van der Waals surface area contributed by atoms with Crippen LogP contribution in [0.5, 0.6) is 0 Å². The fourth-order valence-electron chi connectivity index (χ4n) is 3.60. The number of carbonyl (C=O) groups excluding carboxylic acids is 3. The quantitative estimate of drug-likeness (QED) is 0.682. The standard InChI is InChI=1S/C22H24ClN3O3/c1-15(2)12-22(17-8-4-3-5-9-17)20(28)26(21(29)25-22)14-19(27)24-13-16-7-6-10-18(23)11-16/h3-11,15H,12-14H2,1-2H3,(H,24,27)(H,25,29). The van der Waals surface area contributed by atoms with Crippen LogP contribution in [0.15, 0.2) is 54.6 Å². The van der Waals surface area contributed by atoms with Crippen LogP contribution < -0.4 is 10.6 Å². The molecule has 29 heavy (non-hydrogen) atoms. The Bertz CT molecular complexity index is 917. The summed E-state index contributed by atoms with van der Waals surface area (Å²) in [4.78, 5) is 39.3. The van der Waals surface area contributed by atoms with Crippen LogP contribution in [0.25, 0.3) is 0 Å². The van der Waals surface area contributed by atoms with E-state index in [0.717, 1.165) is 10.5 Å². The van der Waals surface area contributed by atoms with Gasteiger partial charge in [0, 0.05) is 11.6 Å². The number of hydrogen-bond acceptors (Lipinski definition) is 3. The first-order chi connectivity index (χ1) is 13.8. The van der Waals surface area contributed by atoms with Crippen molar-refractivity contribution in [3.05, 3.63) is 70.7 Å². The monoisotopic (exact) mass is 413 g/mol. The van der Waals surface area contributed by atoms with E-state index in [2.05, 4.69) is 10.6 Å². The molecule has 0 bridgehead atoms. The van der Waals surface area contributed by atoms with Crippen LogP contribution in [-0.2, 0) is 21.7 Å². The number of nitrogens with one attached hydrogen (secondary N) is 2. The molecule has 0 saturated carbocycles. The van der Waals surface area contributed by atoms with Crippen molar-refractivity contribution >= 4 is 29.4 Å². The second kappa shape index (κ2) is 8.66. The van der Waals surface area contributed by atoms with E-state index in [1.807, 2.05) is 50.2 Å². The van der Waals surface area contributed by atoms with Gasteiger partial charge in [-0.2, -0.15) is 0 Å². The number of amides is 4. The first-order valence-electron chi connectivity index (χ1n) is 9.52. The number of urea groups is 1. The van der Waals surface area contributed by atoms with Gasteiger partial charge < -0.3 is 10.6 Å². The van der Waals surface area contributed by atoms with Gasteiger partial charge in [-0.05, 0) is 35.6 Å². The van der Waals surface area contributed by atoms with Gasteiger partial charge in [0.1, 0.15) is 12.1 Å². The van der Waals surface area contributed by atoms with Crippen LogP contribution in [0.2, 0.25) is 5.02 Å². The van der Waals surface area contributed by atoms with Crippen LogP contribution in [0, 0.1) is 5.92 Å². The maximum Gasteiger partial charge on any atom is 0.325 e. The van der Waals surface area contributed by atoms with Crippen LogP contribution in [0.4, 0.5) is 4.79 Å². The lowest BCUT2D eigenvalue weighted by Crippen LogP contribution is -2.46.